The molecule has 1 aromatic heterocycles. The zero-order valence-electron chi connectivity index (χ0n) is 14.9. The molecule has 2 N–H and O–H groups in total. The van der Waals surface area contributed by atoms with E-state index in [9.17, 15) is 4.79 Å². The van der Waals surface area contributed by atoms with Gasteiger partial charge in [-0.1, -0.05) is 48.0 Å². The first-order valence-corrected chi connectivity index (χ1v) is 8.92. The second-order valence-corrected chi connectivity index (χ2v) is 6.79. The molecule has 1 aliphatic heterocycles. The van der Waals surface area contributed by atoms with Crippen molar-refractivity contribution >= 4 is 29.1 Å². The van der Waals surface area contributed by atoms with E-state index in [-0.39, 0.29) is 5.91 Å². The first-order valence-electron chi connectivity index (χ1n) is 8.55. The van der Waals surface area contributed by atoms with Crippen LogP contribution >= 0.6 is 11.6 Å². The summed E-state index contributed by atoms with van der Waals surface area (Å²) in [4.78, 5) is 17.5. The van der Waals surface area contributed by atoms with Crippen molar-refractivity contribution in [3.8, 4) is 0 Å². The summed E-state index contributed by atoms with van der Waals surface area (Å²) in [5.74, 6) is 0.366. The quantitative estimate of drug-likeness (QED) is 0.716. The second kappa shape index (κ2) is 6.89. The molecule has 1 atom stereocenters. The maximum absolute atomic E-state index is 13.2. The molecule has 6 nitrogen and oxygen atoms in total. The van der Waals surface area contributed by atoms with Gasteiger partial charge in [-0.15, -0.1) is 0 Å². The zero-order chi connectivity index (χ0) is 19.0. The van der Waals surface area contributed by atoms with Crippen molar-refractivity contribution in [1.82, 2.24) is 14.8 Å². The minimum absolute atomic E-state index is 0.208. The van der Waals surface area contributed by atoms with Gasteiger partial charge in [0.1, 0.15) is 12.4 Å². The van der Waals surface area contributed by atoms with E-state index in [1.807, 2.05) is 62.4 Å². The van der Waals surface area contributed by atoms with Crippen molar-refractivity contribution < 1.29 is 4.79 Å². The minimum Gasteiger partial charge on any atom is -0.328 e. The van der Waals surface area contributed by atoms with Crippen molar-refractivity contribution in [1.29, 1.82) is 0 Å². The fourth-order valence-corrected chi connectivity index (χ4v) is 3.51. The van der Waals surface area contributed by atoms with Gasteiger partial charge in [0.25, 0.3) is 5.91 Å². The molecule has 2 heterocycles. The number of anilines is 2. The van der Waals surface area contributed by atoms with Crippen molar-refractivity contribution in [2.24, 2.45) is 0 Å². The fraction of sp³-hybridized carbons (Fsp3) is 0.150. The summed E-state index contributed by atoms with van der Waals surface area (Å²) < 4.78 is 1.68. The first kappa shape index (κ1) is 17.3. The van der Waals surface area contributed by atoms with Crippen molar-refractivity contribution in [2.45, 2.75) is 19.9 Å². The molecule has 0 saturated carbocycles. The summed E-state index contributed by atoms with van der Waals surface area (Å²) in [6, 6.07) is 14.7. The van der Waals surface area contributed by atoms with Crippen LogP contribution in [0.1, 0.15) is 24.1 Å². The summed E-state index contributed by atoms with van der Waals surface area (Å²) in [7, 11) is 0. The minimum atomic E-state index is -0.471. The predicted molar refractivity (Wildman–Crippen MR) is 106 cm³/mol. The number of rotatable bonds is 3. The summed E-state index contributed by atoms with van der Waals surface area (Å²) in [6.07, 6.45) is 1.46. The van der Waals surface area contributed by atoms with Gasteiger partial charge in [-0.25, -0.2) is 4.68 Å². The lowest BCUT2D eigenvalue weighted by atomic mass is 9.95. The molecule has 1 aliphatic rings. The molecular weight excluding hydrogens is 362 g/mol. The number of nitrogens with zero attached hydrogens (tertiary/aromatic N) is 3. The third-order valence-corrected chi connectivity index (χ3v) is 4.98. The molecule has 7 heteroatoms. The number of halogens is 1. The second-order valence-electron chi connectivity index (χ2n) is 6.38. The molecule has 0 bridgehead atoms. The van der Waals surface area contributed by atoms with Crippen LogP contribution in [0.5, 0.6) is 0 Å². The highest BCUT2D eigenvalue weighted by atomic mass is 35.5. The molecule has 0 fully saturated rings. The van der Waals surface area contributed by atoms with Crippen LogP contribution in [0.15, 0.2) is 66.1 Å². The Bertz CT molecular complexity index is 1060. The molecule has 0 radical (unpaired) electrons. The normalized spacial score (nSPS) is 15.9. The first-order chi connectivity index (χ1) is 13.1. The highest BCUT2D eigenvalue weighted by Crippen LogP contribution is 2.38. The van der Waals surface area contributed by atoms with Crippen LogP contribution in [0.2, 0.25) is 5.02 Å². The predicted octanol–water partition coefficient (Wildman–Crippen LogP) is 4.17. The van der Waals surface area contributed by atoms with E-state index in [2.05, 4.69) is 20.7 Å². The van der Waals surface area contributed by atoms with Gasteiger partial charge in [0, 0.05) is 22.0 Å². The number of para-hydroxylation sites is 1. The molecular formula is C20H18ClN5O. The lowest BCUT2D eigenvalue weighted by Gasteiger charge is -2.29. The molecule has 1 unspecified atom stereocenters. The molecule has 2 aromatic carbocycles. The molecule has 3 aromatic rings. The Labute approximate surface area is 161 Å². The number of allylic oxidation sites excluding steroid dienone is 1. The van der Waals surface area contributed by atoms with E-state index < -0.39 is 6.04 Å². The van der Waals surface area contributed by atoms with E-state index in [4.69, 9.17) is 11.6 Å². The van der Waals surface area contributed by atoms with Crippen molar-refractivity contribution in [2.75, 3.05) is 10.6 Å². The Kier molecular flexibility index (Phi) is 4.41. The van der Waals surface area contributed by atoms with Crippen molar-refractivity contribution in [3.63, 3.8) is 0 Å². The number of carbonyl (C=O) groups excluding carboxylic acids is 1. The summed E-state index contributed by atoms with van der Waals surface area (Å²) >= 11 is 6.46. The molecule has 1 amide bonds. The largest absolute Gasteiger partial charge is 0.328 e. The van der Waals surface area contributed by atoms with Gasteiger partial charge >= 0.3 is 0 Å². The number of carbonyl (C=O) groups is 1. The van der Waals surface area contributed by atoms with Gasteiger partial charge < -0.3 is 10.6 Å². The van der Waals surface area contributed by atoms with Crippen LogP contribution in [0, 0.1) is 6.92 Å². The summed E-state index contributed by atoms with van der Waals surface area (Å²) in [6.45, 7) is 3.81. The number of benzene rings is 2. The van der Waals surface area contributed by atoms with Gasteiger partial charge in [0.15, 0.2) is 0 Å². The molecule has 4 rings (SSSR count). The lowest BCUT2D eigenvalue weighted by molar-refractivity contribution is -0.113. The maximum atomic E-state index is 13.2. The van der Waals surface area contributed by atoms with Crippen LogP contribution in [0.4, 0.5) is 11.6 Å². The zero-order valence-corrected chi connectivity index (χ0v) is 15.7. The Morgan fingerprint density at radius 2 is 1.89 bits per heavy atom. The highest BCUT2D eigenvalue weighted by Gasteiger charge is 2.34. The van der Waals surface area contributed by atoms with Crippen LogP contribution in [-0.4, -0.2) is 20.7 Å². The third-order valence-electron chi connectivity index (χ3n) is 4.63. The monoisotopic (exact) mass is 379 g/mol. The number of hydrogen-bond acceptors (Lipinski definition) is 4. The molecule has 136 valence electrons. The Morgan fingerprint density at radius 3 is 2.67 bits per heavy atom. The average Bonchev–Trinajstić information content (AvgIpc) is 3.11. The summed E-state index contributed by atoms with van der Waals surface area (Å²) in [5.41, 5.74) is 3.81. The van der Waals surface area contributed by atoms with E-state index in [1.54, 1.807) is 4.68 Å². The number of aryl methyl sites for hydroxylation is 1. The lowest BCUT2D eigenvalue weighted by Crippen LogP contribution is -2.31. The van der Waals surface area contributed by atoms with E-state index >= 15 is 0 Å². The Balaban J connectivity index is 1.80. The number of amides is 1. The fourth-order valence-electron chi connectivity index (χ4n) is 3.27. The van der Waals surface area contributed by atoms with Crippen molar-refractivity contribution in [3.05, 3.63) is 82.3 Å². The maximum Gasteiger partial charge on any atom is 0.255 e. The standard InChI is InChI=1S/C20H18ClN5O/c1-12-7-3-6-10-16(12)25-19(27)17-13(2)24-20-22-11-23-26(20)18(17)14-8-4-5-9-15(14)21/h3-11,18H,1-2H3,(H,25,27)(H,22,23,24). The summed E-state index contributed by atoms with van der Waals surface area (Å²) in [5, 5.41) is 11.1. The average molecular weight is 380 g/mol. The highest BCUT2D eigenvalue weighted by molar-refractivity contribution is 6.31. The molecule has 0 spiro atoms. The van der Waals surface area contributed by atoms with Gasteiger partial charge in [0.2, 0.25) is 5.95 Å². The van der Waals surface area contributed by atoms with Gasteiger partial charge in [-0.05, 0) is 31.5 Å². The number of nitrogens with one attached hydrogen (secondary N) is 2. The Morgan fingerprint density at radius 1 is 1.15 bits per heavy atom. The van der Waals surface area contributed by atoms with Gasteiger partial charge in [-0.2, -0.15) is 10.1 Å². The number of hydrogen-bond donors (Lipinski definition) is 2. The smallest absolute Gasteiger partial charge is 0.255 e. The van der Waals surface area contributed by atoms with E-state index in [0.717, 1.165) is 16.8 Å². The molecule has 27 heavy (non-hydrogen) atoms. The van der Waals surface area contributed by atoms with Gasteiger partial charge in [0.05, 0.1) is 5.57 Å². The topological polar surface area (TPSA) is 71.8 Å². The third kappa shape index (κ3) is 3.08. The van der Waals surface area contributed by atoms with Crippen LogP contribution in [0.25, 0.3) is 0 Å². The molecule has 0 aliphatic carbocycles. The number of fused-ring (bicyclic) bond motifs is 1. The van der Waals surface area contributed by atoms with Crippen LogP contribution in [0.3, 0.4) is 0 Å². The number of aromatic nitrogens is 3. The van der Waals surface area contributed by atoms with E-state index in [1.165, 1.54) is 6.33 Å². The Hall–Kier alpha value is -3.12. The van der Waals surface area contributed by atoms with Gasteiger partial charge in [-0.3, -0.25) is 4.79 Å². The van der Waals surface area contributed by atoms with Crippen LogP contribution < -0.4 is 10.6 Å². The van der Waals surface area contributed by atoms with Crippen LogP contribution in [-0.2, 0) is 4.79 Å². The SMILES string of the molecule is CC1=C(C(=O)Nc2ccccc2C)C(c2ccccc2Cl)n2ncnc2N1. The molecule has 0 saturated heterocycles. The van der Waals surface area contributed by atoms with E-state index in [0.29, 0.717) is 22.2 Å².